The summed E-state index contributed by atoms with van der Waals surface area (Å²) >= 11 is 0. The molecule has 0 amide bonds. The van der Waals surface area contributed by atoms with E-state index in [1.54, 1.807) is 12.4 Å². The Morgan fingerprint density at radius 2 is 2.11 bits per heavy atom. The molecule has 0 saturated heterocycles. The summed E-state index contributed by atoms with van der Waals surface area (Å²) in [6.07, 6.45) is 7.78. The minimum absolute atomic E-state index is 0.0223. The lowest BCUT2D eigenvalue weighted by molar-refractivity contribution is 0.629. The first-order valence-corrected chi connectivity index (χ1v) is 9.67. The number of nitrogens with zero attached hydrogens (tertiary/aromatic N) is 4. The van der Waals surface area contributed by atoms with Gasteiger partial charge < -0.3 is 10.3 Å². The van der Waals surface area contributed by atoms with Gasteiger partial charge in [0.25, 0.3) is 0 Å². The number of hydrogen-bond acceptors (Lipinski definition) is 5. The third-order valence-corrected chi connectivity index (χ3v) is 5.42. The minimum atomic E-state index is -0.256. The van der Waals surface area contributed by atoms with E-state index in [1.165, 1.54) is 31.3 Å². The molecule has 3 heterocycles. The van der Waals surface area contributed by atoms with E-state index in [0.29, 0.717) is 22.5 Å². The van der Waals surface area contributed by atoms with Gasteiger partial charge in [-0.25, -0.2) is 19.3 Å². The van der Waals surface area contributed by atoms with E-state index in [4.69, 9.17) is 4.98 Å². The molecule has 5 rings (SSSR count). The van der Waals surface area contributed by atoms with Crippen molar-refractivity contribution in [2.24, 2.45) is 5.92 Å². The zero-order valence-electron chi connectivity index (χ0n) is 15.6. The fourth-order valence-corrected chi connectivity index (χ4v) is 3.67. The van der Waals surface area contributed by atoms with Gasteiger partial charge in [-0.1, -0.05) is 12.8 Å². The van der Waals surface area contributed by atoms with Gasteiger partial charge in [0.2, 0.25) is 0 Å². The molecule has 4 aromatic rings. The summed E-state index contributed by atoms with van der Waals surface area (Å²) < 4.78 is 13.7. The molecule has 0 bridgehead atoms. The third kappa shape index (κ3) is 3.28. The van der Waals surface area contributed by atoms with Gasteiger partial charge in [-0.05, 0) is 49.4 Å². The number of aromatic nitrogens is 5. The highest BCUT2D eigenvalue weighted by atomic mass is 19.1. The minimum Gasteiger partial charge on any atom is -0.362 e. The largest absolute Gasteiger partial charge is 0.362 e. The smallest absolute Gasteiger partial charge is 0.162 e. The Morgan fingerprint density at radius 1 is 1.21 bits per heavy atom. The molecule has 1 aliphatic rings. The van der Waals surface area contributed by atoms with Crippen LogP contribution in [-0.4, -0.2) is 24.9 Å². The number of fused-ring (bicyclic) bond motifs is 2. The molecule has 1 aromatic carbocycles. The Balaban J connectivity index is 1.52. The van der Waals surface area contributed by atoms with Gasteiger partial charge in [0.15, 0.2) is 11.5 Å². The molecule has 6 nitrogen and oxygen atoms in total. The molecule has 28 heavy (non-hydrogen) atoms. The lowest BCUT2D eigenvalue weighted by atomic mass is 9.99. The first-order chi connectivity index (χ1) is 13.7. The monoisotopic (exact) mass is 376 g/mol. The van der Waals surface area contributed by atoms with Crippen molar-refractivity contribution in [1.29, 1.82) is 0 Å². The molecule has 0 radical (unpaired) electrons. The number of aromatic amines is 1. The number of imidazole rings is 1. The molecule has 2 N–H and O–H groups in total. The Hall–Kier alpha value is -3.09. The second-order valence-corrected chi connectivity index (χ2v) is 7.53. The zero-order valence-corrected chi connectivity index (χ0v) is 15.6. The third-order valence-electron chi connectivity index (χ3n) is 5.42. The summed E-state index contributed by atoms with van der Waals surface area (Å²) in [5.41, 5.74) is 4.26. The summed E-state index contributed by atoms with van der Waals surface area (Å²) in [5, 5.41) is 4.40. The highest BCUT2D eigenvalue weighted by Gasteiger charge is 2.23. The average Bonchev–Trinajstić information content (AvgIpc) is 3.40. The highest BCUT2D eigenvalue weighted by molar-refractivity contribution is 5.83. The van der Waals surface area contributed by atoms with Crippen molar-refractivity contribution in [2.75, 3.05) is 5.32 Å². The number of rotatable bonds is 6. The molecule has 1 fully saturated rings. The highest BCUT2D eigenvalue weighted by Crippen LogP contribution is 2.35. The molecule has 7 heteroatoms. The number of aryl methyl sites for hydroxylation is 1. The van der Waals surface area contributed by atoms with E-state index in [9.17, 15) is 4.39 Å². The van der Waals surface area contributed by atoms with Gasteiger partial charge in [-0.3, -0.25) is 4.98 Å². The first kappa shape index (κ1) is 17.0. The van der Waals surface area contributed by atoms with Gasteiger partial charge in [-0.15, -0.1) is 0 Å². The van der Waals surface area contributed by atoms with E-state index < -0.39 is 0 Å². The predicted octanol–water partition coefficient (Wildman–Crippen LogP) is 4.56. The number of benzene rings is 1. The van der Waals surface area contributed by atoms with Crippen molar-refractivity contribution in [1.82, 2.24) is 24.9 Å². The molecule has 0 unspecified atom stereocenters. The van der Waals surface area contributed by atoms with Crippen molar-refractivity contribution in [3.05, 3.63) is 54.0 Å². The van der Waals surface area contributed by atoms with Crippen LogP contribution in [0, 0.1) is 11.7 Å². The van der Waals surface area contributed by atoms with E-state index in [-0.39, 0.29) is 11.9 Å². The van der Waals surface area contributed by atoms with Crippen molar-refractivity contribution < 1.29 is 4.39 Å². The van der Waals surface area contributed by atoms with Crippen LogP contribution in [0.5, 0.6) is 0 Å². The number of halogens is 1. The van der Waals surface area contributed by atoms with E-state index >= 15 is 0 Å². The molecule has 3 aromatic heterocycles. The molecule has 0 aliphatic heterocycles. The molecule has 1 atom stereocenters. The Labute approximate surface area is 161 Å². The van der Waals surface area contributed by atoms with Crippen LogP contribution in [0.2, 0.25) is 0 Å². The van der Waals surface area contributed by atoms with E-state index in [2.05, 4.69) is 38.2 Å². The first-order valence-electron chi connectivity index (χ1n) is 9.67. The molecular formula is C21H21FN6. The Kier molecular flexibility index (Phi) is 4.15. The normalized spacial score (nSPS) is 15.2. The summed E-state index contributed by atoms with van der Waals surface area (Å²) in [7, 11) is 0. The van der Waals surface area contributed by atoms with Crippen molar-refractivity contribution in [3.8, 4) is 0 Å². The Morgan fingerprint density at radius 3 is 2.96 bits per heavy atom. The second-order valence-electron chi connectivity index (χ2n) is 7.53. The van der Waals surface area contributed by atoms with Gasteiger partial charge in [0, 0.05) is 17.1 Å². The van der Waals surface area contributed by atoms with Crippen LogP contribution in [-0.2, 0) is 6.42 Å². The van der Waals surface area contributed by atoms with Crippen LogP contribution < -0.4 is 5.32 Å². The van der Waals surface area contributed by atoms with Crippen LogP contribution in [0.15, 0.2) is 36.9 Å². The summed E-state index contributed by atoms with van der Waals surface area (Å²) in [4.78, 5) is 20.7. The molecule has 142 valence electrons. The van der Waals surface area contributed by atoms with Crippen LogP contribution in [0.1, 0.15) is 43.5 Å². The second kappa shape index (κ2) is 6.82. The SMILES string of the molecule is C[C@H](Nc1ncnc2[nH]cnc12)c1cc2ccc(F)cc2nc1CCC1CC1. The maximum absolute atomic E-state index is 13.7. The lowest BCUT2D eigenvalue weighted by Crippen LogP contribution is -2.12. The summed E-state index contributed by atoms with van der Waals surface area (Å²) in [5.74, 6) is 1.24. The van der Waals surface area contributed by atoms with Crippen LogP contribution in [0.3, 0.4) is 0 Å². The molecule has 0 spiro atoms. The van der Waals surface area contributed by atoms with E-state index in [0.717, 1.165) is 35.4 Å². The van der Waals surface area contributed by atoms with Crippen LogP contribution >= 0.6 is 0 Å². The predicted molar refractivity (Wildman–Crippen MR) is 106 cm³/mol. The average molecular weight is 376 g/mol. The molecule has 1 aliphatic carbocycles. The zero-order chi connectivity index (χ0) is 19.1. The maximum atomic E-state index is 13.7. The van der Waals surface area contributed by atoms with Gasteiger partial charge in [0.05, 0.1) is 17.9 Å². The van der Waals surface area contributed by atoms with Crippen LogP contribution in [0.4, 0.5) is 10.2 Å². The van der Waals surface area contributed by atoms with E-state index in [1.807, 2.05) is 0 Å². The molecule has 1 saturated carbocycles. The number of nitrogens with one attached hydrogen (secondary N) is 2. The van der Waals surface area contributed by atoms with Crippen molar-refractivity contribution in [2.45, 2.75) is 38.6 Å². The number of H-pyrrole nitrogens is 1. The van der Waals surface area contributed by atoms with Crippen LogP contribution in [0.25, 0.3) is 22.1 Å². The number of anilines is 1. The standard InChI is InChI=1S/C21H21FN6/c1-12(27-21-19-20(24-10-23-19)25-11-26-21)16-8-14-5-6-15(22)9-18(14)28-17(16)7-4-13-2-3-13/h5-6,8-13H,2-4,7H2,1H3,(H2,23,24,25,26,27)/t12-/m0/s1. The Bertz CT molecular complexity index is 1150. The fourth-order valence-electron chi connectivity index (χ4n) is 3.67. The molecular weight excluding hydrogens is 355 g/mol. The quantitative estimate of drug-likeness (QED) is 0.516. The topological polar surface area (TPSA) is 79.4 Å². The maximum Gasteiger partial charge on any atom is 0.162 e. The number of pyridine rings is 1. The van der Waals surface area contributed by atoms with Gasteiger partial charge in [-0.2, -0.15) is 0 Å². The fraction of sp³-hybridized carbons (Fsp3) is 0.333. The summed E-state index contributed by atoms with van der Waals surface area (Å²) in [6, 6.07) is 6.87. The van der Waals surface area contributed by atoms with Gasteiger partial charge in [0.1, 0.15) is 17.7 Å². The summed E-state index contributed by atoms with van der Waals surface area (Å²) in [6.45, 7) is 2.09. The number of hydrogen-bond donors (Lipinski definition) is 2. The van der Waals surface area contributed by atoms with Crippen molar-refractivity contribution >= 4 is 27.9 Å². The lowest BCUT2D eigenvalue weighted by Gasteiger charge is -2.19. The van der Waals surface area contributed by atoms with Gasteiger partial charge >= 0.3 is 0 Å². The van der Waals surface area contributed by atoms with Crippen molar-refractivity contribution in [3.63, 3.8) is 0 Å².